The molecule has 0 fully saturated rings. The number of amides is 1. The number of nitriles is 1. The van der Waals surface area contributed by atoms with E-state index in [1.54, 1.807) is 0 Å². The molecule has 1 heterocycles. The van der Waals surface area contributed by atoms with Crippen molar-refractivity contribution in [3.63, 3.8) is 0 Å². The fourth-order valence-electron chi connectivity index (χ4n) is 1.42. The highest BCUT2D eigenvalue weighted by Gasteiger charge is 2.12. The molecule has 0 aliphatic rings. The molecule has 0 spiro atoms. The van der Waals surface area contributed by atoms with Crippen molar-refractivity contribution in [2.45, 2.75) is 19.6 Å². The summed E-state index contributed by atoms with van der Waals surface area (Å²) in [6, 6.07) is 3.18. The molecule has 0 saturated carbocycles. The quantitative estimate of drug-likeness (QED) is 0.752. The Kier molecular flexibility index (Phi) is 6.78. The highest BCUT2D eigenvalue weighted by atomic mass is 35.5. The lowest BCUT2D eigenvalue weighted by Gasteiger charge is -2.16. The third-order valence-electron chi connectivity index (χ3n) is 2.33. The minimum Gasteiger partial charge on any atom is -0.380 e. The van der Waals surface area contributed by atoms with E-state index in [2.05, 4.69) is 20.4 Å². The Balaban J connectivity index is 2.80. The predicted molar refractivity (Wildman–Crippen MR) is 73.3 cm³/mol. The molecule has 2 N–H and O–H groups in total. The number of alkyl halides is 3. The minimum atomic E-state index is -2.86. The van der Waals surface area contributed by atoms with Gasteiger partial charge >= 0.3 is 6.61 Å². The van der Waals surface area contributed by atoms with Crippen LogP contribution in [0.25, 0.3) is 0 Å². The Morgan fingerprint density at radius 1 is 1.57 bits per heavy atom. The first-order valence-corrected chi connectivity index (χ1v) is 6.43. The average molecular weight is 319 g/mol. The second-order valence-corrected chi connectivity index (χ2v) is 4.26. The summed E-state index contributed by atoms with van der Waals surface area (Å²) in [6.07, 6.45) is 0.564. The molecule has 0 aliphatic heterocycles. The summed E-state index contributed by atoms with van der Waals surface area (Å²) in [6.45, 7) is -1.33. The number of carbonyl (C=O) groups excluding carboxylic acids is 1. The summed E-state index contributed by atoms with van der Waals surface area (Å²) in [5.74, 6) is -0.721. The van der Waals surface area contributed by atoms with Gasteiger partial charge in [0.05, 0.1) is 23.7 Å². The van der Waals surface area contributed by atoms with E-state index in [1.807, 2.05) is 6.07 Å². The Hall–Kier alpha value is -1.98. The van der Waals surface area contributed by atoms with Crippen molar-refractivity contribution in [1.82, 2.24) is 4.98 Å². The van der Waals surface area contributed by atoms with E-state index in [1.165, 1.54) is 19.2 Å². The molecule has 0 bridgehead atoms. The molecule has 1 aromatic heterocycles. The number of hydrogen-bond donors (Lipinski definition) is 2. The molecular weight excluding hydrogens is 306 g/mol. The van der Waals surface area contributed by atoms with E-state index in [0.29, 0.717) is 5.69 Å². The number of nitrogens with one attached hydrogen (secondary N) is 2. The summed E-state index contributed by atoms with van der Waals surface area (Å²) in [7, 11) is 0. The molecule has 1 atom stereocenters. The summed E-state index contributed by atoms with van der Waals surface area (Å²) in [4.78, 5) is 15.2. The maximum atomic E-state index is 12.0. The van der Waals surface area contributed by atoms with E-state index in [0.717, 1.165) is 0 Å². The van der Waals surface area contributed by atoms with Crippen LogP contribution < -0.4 is 10.6 Å². The highest BCUT2D eigenvalue weighted by Crippen LogP contribution is 2.21. The first-order chi connectivity index (χ1) is 9.96. The van der Waals surface area contributed by atoms with Crippen LogP contribution in [0.2, 0.25) is 0 Å². The maximum Gasteiger partial charge on any atom is 0.345 e. The topological polar surface area (TPSA) is 87.0 Å². The molecular formula is C12H13ClF2N4O2. The molecule has 0 aromatic carbocycles. The maximum absolute atomic E-state index is 12.0. The van der Waals surface area contributed by atoms with Gasteiger partial charge in [-0.25, -0.2) is 4.98 Å². The molecule has 21 heavy (non-hydrogen) atoms. The van der Waals surface area contributed by atoms with E-state index in [9.17, 15) is 13.6 Å². The van der Waals surface area contributed by atoms with E-state index < -0.39 is 18.6 Å². The van der Waals surface area contributed by atoms with Crippen LogP contribution in [-0.4, -0.2) is 36.0 Å². The molecule has 1 aromatic rings. The van der Waals surface area contributed by atoms with E-state index in [4.69, 9.17) is 16.9 Å². The third-order valence-corrected chi connectivity index (χ3v) is 2.57. The zero-order chi connectivity index (χ0) is 15.8. The van der Waals surface area contributed by atoms with Crippen molar-refractivity contribution in [3.8, 4) is 6.07 Å². The number of halogens is 3. The van der Waals surface area contributed by atoms with Crippen LogP contribution in [0.15, 0.2) is 12.3 Å². The standard InChI is InChI=1S/C12H13ClF2N4O2/c1-7(21-12(14)15)5-18-10-6-17-8(4-16)2-9(10)19-11(20)3-13/h2,6-7,12,18H,3,5H2,1H3,(H,17,19,20). The molecule has 1 rings (SSSR count). The second kappa shape index (κ2) is 8.34. The summed E-state index contributed by atoms with van der Waals surface area (Å²) in [5, 5.41) is 14.1. The van der Waals surface area contributed by atoms with Crippen molar-refractivity contribution in [3.05, 3.63) is 18.0 Å². The fourth-order valence-corrected chi connectivity index (χ4v) is 1.49. The number of anilines is 2. The molecule has 1 amide bonds. The monoisotopic (exact) mass is 318 g/mol. The smallest absolute Gasteiger partial charge is 0.345 e. The van der Waals surface area contributed by atoms with Crippen LogP contribution in [0.3, 0.4) is 0 Å². The van der Waals surface area contributed by atoms with E-state index >= 15 is 0 Å². The molecule has 1 unspecified atom stereocenters. The molecule has 9 heteroatoms. The Labute approximate surface area is 125 Å². The van der Waals surface area contributed by atoms with Gasteiger partial charge in [0.2, 0.25) is 5.91 Å². The number of rotatable bonds is 7. The lowest BCUT2D eigenvalue weighted by Crippen LogP contribution is -2.23. The highest BCUT2D eigenvalue weighted by molar-refractivity contribution is 6.29. The summed E-state index contributed by atoms with van der Waals surface area (Å²) in [5.41, 5.74) is 0.760. The van der Waals surface area contributed by atoms with Crippen LogP contribution in [-0.2, 0) is 9.53 Å². The largest absolute Gasteiger partial charge is 0.380 e. The Morgan fingerprint density at radius 2 is 2.29 bits per heavy atom. The summed E-state index contributed by atoms with van der Waals surface area (Å²) < 4.78 is 28.4. The van der Waals surface area contributed by atoms with Crippen LogP contribution in [0.1, 0.15) is 12.6 Å². The van der Waals surface area contributed by atoms with Crippen molar-refractivity contribution in [2.24, 2.45) is 0 Å². The van der Waals surface area contributed by atoms with Crippen molar-refractivity contribution < 1.29 is 18.3 Å². The van der Waals surface area contributed by atoms with Gasteiger partial charge in [0.25, 0.3) is 0 Å². The van der Waals surface area contributed by atoms with Gasteiger partial charge in [-0.05, 0) is 6.92 Å². The average Bonchev–Trinajstić information content (AvgIpc) is 2.44. The Morgan fingerprint density at radius 3 is 2.86 bits per heavy atom. The van der Waals surface area contributed by atoms with Crippen molar-refractivity contribution in [2.75, 3.05) is 23.1 Å². The number of aromatic nitrogens is 1. The van der Waals surface area contributed by atoms with Crippen molar-refractivity contribution in [1.29, 1.82) is 5.26 Å². The van der Waals surface area contributed by atoms with Gasteiger partial charge < -0.3 is 15.4 Å². The lowest BCUT2D eigenvalue weighted by atomic mass is 10.2. The van der Waals surface area contributed by atoms with Crippen LogP contribution >= 0.6 is 11.6 Å². The third kappa shape index (κ3) is 5.89. The Bertz CT molecular complexity index is 536. The zero-order valence-electron chi connectivity index (χ0n) is 11.1. The SMILES string of the molecule is CC(CNc1cnc(C#N)cc1NC(=O)CCl)OC(F)F. The number of nitrogens with zero attached hydrogens (tertiary/aromatic N) is 2. The molecule has 0 radical (unpaired) electrons. The zero-order valence-corrected chi connectivity index (χ0v) is 11.8. The van der Waals surface area contributed by atoms with Gasteiger partial charge in [0.15, 0.2) is 0 Å². The minimum absolute atomic E-state index is 0.0711. The molecule has 114 valence electrons. The van der Waals surface area contributed by atoms with Crippen LogP contribution in [0.5, 0.6) is 0 Å². The number of pyridine rings is 1. The van der Waals surface area contributed by atoms with Gasteiger partial charge in [-0.2, -0.15) is 14.0 Å². The molecule has 0 aliphatic carbocycles. The van der Waals surface area contributed by atoms with Gasteiger partial charge in [-0.15, -0.1) is 11.6 Å². The van der Waals surface area contributed by atoms with Gasteiger partial charge in [0, 0.05) is 12.6 Å². The van der Waals surface area contributed by atoms with Gasteiger partial charge in [-0.1, -0.05) is 0 Å². The summed E-state index contributed by atoms with van der Waals surface area (Å²) >= 11 is 5.40. The molecule has 0 saturated heterocycles. The second-order valence-electron chi connectivity index (χ2n) is 4.00. The van der Waals surface area contributed by atoms with Crippen molar-refractivity contribution >= 4 is 28.9 Å². The van der Waals surface area contributed by atoms with Crippen LogP contribution in [0, 0.1) is 11.3 Å². The first kappa shape index (κ1) is 17.1. The van der Waals surface area contributed by atoms with Gasteiger partial charge in [0.1, 0.15) is 17.6 Å². The first-order valence-electron chi connectivity index (χ1n) is 5.89. The fraction of sp³-hybridized carbons (Fsp3) is 0.417. The van der Waals surface area contributed by atoms with Gasteiger partial charge in [-0.3, -0.25) is 4.79 Å². The van der Waals surface area contributed by atoms with Crippen LogP contribution in [0.4, 0.5) is 20.2 Å². The lowest BCUT2D eigenvalue weighted by molar-refractivity contribution is -0.153. The van der Waals surface area contributed by atoms with E-state index in [-0.39, 0.29) is 23.8 Å². The number of hydrogen-bond acceptors (Lipinski definition) is 5. The normalized spacial score (nSPS) is 11.8. The predicted octanol–water partition coefficient (Wildman–Crippen LogP) is 2.17. The molecule has 6 nitrogen and oxygen atoms in total. The number of ether oxygens (including phenoxy) is 1. The number of carbonyl (C=O) groups is 1.